The summed E-state index contributed by atoms with van der Waals surface area (Å²) in [5, 5.41) is 14.9. The van der Waals surface area contributed by atoms with Crippen LogP contribution in [0, 0.1) is 5.82 Å². The molecule has 2 aromatic carbocycles. The van der Waals surface area contributed by atoms with Crippen molar-refractivity contribution in [2.24, 2.45) is 5.10 Å². The predicted molar refractivity (Wildman–Crippen MR) is 87.9 cm³/mol. The van der Waals surface area contributed by atoms with Crippen molar-refractivity contribution in [1.29, 1.82) is 0 Å². The average Bonchev–Trinajstić information content (AvgIpc) is 2.60. The molecule has 0 atom stereocenters. The lowest BCUT2D eigenvalue weighted by atomic mass is 10.1. The number of hydrogen-bond acceptors (Lipinski definition) is 4. The molecule has 0 unspecified atom stereocenters. The zero-order valence-electron chi connectivity index (χ0n) is 12.9. The third kappa shape index (κ3) is 5.54. The summed E-state index contributed by atoms with van der Waals surface area (Å²) in [5.74, 6) is -2.55. The molecule has 0 bridgehead atoms. The smallest absolute Gasteiger partial charge is 0.335 e. The molecule has 25 heavy (non-hydrogen) atoms. The van der Waals surface area contributed by atoms with Crippen LogP contribution in [0.15, 0.2) is 53.6 Å². The Kier molecular flexibility index (Phi) is 5.94. The van der Waals surface area contributed by atoms with Crippen molar-refractivity contribution in [1.82, 2.24) is 10.7 Å². The van der Waals surface area contributed by atoms with Crippen molar-refractivity contribution < 1.29 is 23.9 Å². The summed E-state index contributed by atoms with van der Waals surface area (Å²) in [6.07, 6.45) is 1.34. The van der Waals surface area contributed by atoms with Gasteiger partial charge in [-0.1, -0.05) is 12.1 Å². The van der Waals surface area contributed by atoms with E-state index in [2.05, 4.69) is 15.8 Å². The first kappa shape index (κ1) is 17.8. The Morgan fingerprint density at radius 1 is 1.00 bits per heavy atom. The minimum Gasteiger partial charge on any atom is -0.478 e. The van der Waals surface area contributed by atoms with E-state index in [1.165, 1.54) is 42.6 Å². The Bertz CT molecular complexity index is 802. The fourth-order valence-electron chi connectivity index (χ4n) is 1.79. The van der Waals surface area contributed by atoms with Gasteiger partial charge >= 0.3 is 5.97 Å². The molecule has 0 aliphatic heterocycles. The van der Waals surface area contributed by atoms with Gasteiger partial charge in [0.1, 0.15) is 5.82 Å². The summed E-state index contributed by atoms with van der Waals surface area (Å²) in [4.78, 5) is 34.0. The van der Waals surface area contributed by atoms with Gasteiger partial charge in [0.2, 0.25) is 0 Å². The van der Waals surface area contributed by atoms with E-state index in [1.54, 1.807) is 0 Å². The van der Waals surface area contributed by atoms with E-state index in [0.29, 0.717) is 5.56 Å². The number of amides is 2. The van der Waals surface area contributed by atoms with Gasteiger partial charge in [0.05, 0.1) is 18.3 Å². The minimum absolute atomic E-state index is 0.143. The Morgan fingerprint density at radius 3 is 2.20 bits per heavy atom. The topological polar surface area (TPSA) is 108 Å². The zero-order chi connectivity index (χ0) is 18.2. The second-order valence-electron chi connectivity index (χ2n) is 4.91. The highest BCUT2D eigenvalue weighted by molar-refractivity contribution is 5.96. The van der Waals surface area contributed by atoms with Crippen molar-refractivity contribution in [3.63, 3.8) is 0 Å². The summed E-state index contributed by atoms with van der Waals surface area (Å²) in [6, 6.07) is 10.8. The SMILES string of the molecule is O=C(CNC(=O)c1ccc(F)cc1)N/N=C/c1ccc(C(=O)O)cc1. The van der Waals surface area contributed by atoms with E-state index in [9.17, 15) is 18.8 Å². The van der Waals surface area contributed by atoms with Gasteiger partial charge in [-0.3, -0.25) is 9.59 Å². The number of carbonyl (C=O) groups excluding carboxylic acids is 2. The molecule has 0 aliphatic rings. The van der Waals surface area contributed by atoms with Gasteiger partial charge in [-0.25, -0.2) is 14.6 Å². The highest BCUT2D eigenvalue weighted by Crippen LogP contribution is 2.03. The lowest BCUT2D eigenvalue weighted by Crippen LogP contribution is -2.34. The summed E-state index contributed by atoms with van der Waals surface area (Å²) < 4.78 is 12.8. The Balaban J connectivity index is 1.79. The third-order valence-corrected chi connectivity index (χ3v) is 3.08. The maximum Gasteiger partial charge on any atom is 0.335 e. The van der Waals surface area contributed by atoms with Gasteiger partial charge in [0, 0.05) is 5.56 Å². The summed E-state index contributed by atoms with van der Waals surface area (Å²) >= 11 is 0. The number of carboxylic acid groups (broad SMARTS) is 1. The Hall–Kier alpha value is -3.55. The molecule has 2 aromatic rings. The van der Waals surface area contributed by atoms with Gasteiger partial charge < -0.3 is 10.4 Å². The first-order chi connectivity index (χ1) is 12.0. The highest BCUT2D eigenvalue weighted by atomic mass is 19.1. The molecule has 0 heterocycles. The van der Waals surface area contributed by atoms with Crippen molar-refractivity contribution in [2.45, 2.75) is 0 Å². The van der Waals surface area contributed by atoms with E-state index in [4.69, 9.17) is 5.11 Å². The molecule has 0 aliphatic carbocycles. The molecule has 0 saturated carbocycles. The summed E-state index contributed by atoms with van der Waals surface area (Å²) in [5.41, 5.74) is 3.20. The van der Waals surface area contributed by atoms with Crippen LogP contribution >= 0.6 is 0 Å². The fourth-order valence-corrected chi connectivity index (χ4v) is 1.79. The normalized spacial score (nSPS) is 10.4. The molecule has 2 amide bonds. The molecular formula is C17H14FN3O4. The van der Waals surface area contributed by atoms with Crippen molar-refractivity contribution >= 4 is 24.0 Å². The van der Waals surface area contributed by atoms with Crippen LogP contribution in [-0.2, 0) is 4.79 Å². The van der Waals surface area contributed by atoms with Gasteiger partial charge in [0.15, 0.2) is 0 Å². The molecule has 7 nitrogen and oxygen atoms in total. The zero-order valence-corrected chi connectivity index (χ0v) is 12.9. The van der Waals surface area contributed by atoms with Crippen LogP contribution in [-0.4, -0.2) is 35.6 Å². The highest BCUT2D eigenvalue weighted by Gasteiger charge is 2.07. The van der Waals surface area contributed by atoms with Crippen LogP contribution in [0.2, 0.25) is 0 Å². The first-order valence-corrected chi connectivity index (χ1v) is 7.15. The molecule has 0 radical (unpaired) electrons. The molecule has 0 aromatic heterocycles. The van der Waals surface area contributed by atoms with Crippen LogP contribution in [0.25, 0.3) is 0 Å². The number of halogens is 1. The standard InChI is InChI=1S/C17H14FN3O4/c18-14-7-5-12(6-8-14)16(23)19-10-15(22)21-20-9-11-1-3-13(4-2-11)17(24)25/h1-9H,10H2,(H,19,23)(H,21,22)(H,24,25)/b20-9+. The molecule has 3 N–H and O–H groups in total. The lowest BCUT2D eigenvalue weighted by Gasteiger charge is -2.04. The number of hydrogen-bond donors (Lipinski definition) is 3. The quantitative estimate of drug-likeness (QED) is 0.544. The van der Waals surface area contributed by atoms with Gasteiger partial charge in [0.25, 0.3) is 11.8 Å². The molecule has 128 valence electrons. The number of benzene rings is 2. The molecule has 0 saturated heterocycles. The Morgan fingerprint density at radius 2 is 1.60 bits per heavy atom. The van der Waals surface area contributed by atoms with Gasteiger partial charge in [-0.15, -0.1) is 0 Å². The number of rotatable bonds is 6. The molecule has 0 fully saturated rings. The van der Waals surface area contributed by atoms with Gasteiger partial charge in [-0.2, -0.15) is 5.10 Å². The second-order valence-corrected chi connectivity index (χ2v) is 4.91. The third-order valence-electron chi connectivity index (χ3n) is 3.08. The van der Waals surface area contributed by atoms with Crippen LogP contribution < -0.4 is 10.7 Å². The van der Waals surface area contributed by atoms with Crippen LogP contribution in [0.5, 0.6) is 0 Å². The lowest BCUT2D eigenvalue weighted by molar-refractivity contribution is -0.120. The maximum atomic E-state index is 12.8. The minimum atomic E-state index is -1.03. The fraction of sp³-hybridized carbons (Fsp3) is 0.0588. The molecule has 2 rings (SSSR count). The molecule has 8 heteroatoms. The van der Waals surface area contributed by atoms with E-state index >= 15 is 0 Å². The maximum absolute atomic E-state index is 12.8. The number of aromatic carboxylic acids is 1. The van der Waals surface area contributed by atoms with E-state index < -0.39 is 23.6 Å². The van der Waals surface area contributed by atoms with Crippen LogP contribution in [0.1, 0.15) is 26.3 Å². The number of carbonyl (C=O) groups is 3. The van der Waals surface area contributed by atoms with Crippen molar-refractivity contribution in [3.05, 3.63) is 71.0 Å². The van der Waals surface area contributed by atoms with Crippen LogP contribution in [0.4, 0.5) is 4.39 Å². The van der Waals surface area contributed by atoms with E-state index in [1.807, 2.05) is 0 Å². The predicted octanol–water partition coefficient (Wildman–Crippen LogP) is 1.40. The second kappa shape index (κ2) is 8.34. The first-order valence-electron chi connectivity index (χ1n) is 7.15. The average molecular weight is 343 g/mol. The number of carboxylic acids is 1. The summed E-state index contributed by atoms with van der Waals surface area (Å²) in [7, 11) is 0. The van der Waals surface area contributed by atoms with Crippen molar-refractivity contribution in [2.75, 3.05) is 6.54 Å². The van der Waals surface area contributed by atoms with E-state index in [-0.39, 0.29) is 17.7 Å². The largest absolute Gasteiger partial charge is 0.478 e. The monoisotopic (exact) mass is 343 g/mol. The van der Waals surface area contributed by atoms with Crippen LogP contribution in [0.3, 0.4) is 0 Å². The van der Waals surface area contributed by atoms with E-state index in [0.717, 1.165) is 12.1 Å². The number of hydrazone groups is 1. The van der Waals surface area contributed by atoms with Crippen molar-refractivity contribution in [3.8, 4) is 0 Å². The number of nitrogens with zero attached hydrogens (tertiary/aromatic N) is 1. The molecular weight excluding hydrogens is 329 g/mol. The number of nitrogens with one attached hydrogen (secondary N) is 2. The van der Waals surface area contributed by atoms with Gasteiger partial charge in [-0.05, 0) is 42.0 Å². The molecule has 0 spiro atoms. The Labute approximate surface area is 142 Å². The summed E-state index contributed by atoms with van der Waals surface area (Å²) in [6.45, 7) is -0.300.